The number of benzene rings is 2. The number of halogens is 1. The molecule has 0 saturated heterocycles. The van der Waals surface area contributed by atoms with Crippen LogP contribution in [0.5, 0.6) is 0 Å². The van der Waals surface area contributed by atoms with Crippen molar-refractivity contribution in [3.05, 3.63) is 65.6 Å². The van der Waals surface area contributed by atoms with Gasteiger partial charge in [0, 0.05) is 34.8 Å². The number of amides is 1. The van der Waals surface area contributed by atoms with E-state index in [1.165, 1.54) is 17.8 Å². The Morgan fingerprint density at radius 1 is 1.25 bits per heavy atom. The maximum atomic E-state index is 14.0. The maximum absolute atomic E-state index is 14.0. The van der Waals surface area contributed by atoms with Crippen LogP contribution in [0.2, 0.25) is 0 Å². The van der Waals surface area contributed by atoms with Crippen molar-refractivity contribution >= 4 is 28.6 Å². The number of nitrogens with zero attached hydrogens (tertiary/aromatic N) is 1. The highest BCUT2D eigenvalue weighted by Gasteiger charge is 2.25. The van der Waals surface area contributed by atoms with Crippen LogP contribution in [-0.2, 0) is 7.05 Å². The van der Waals surface area contributed by atoms with Crippen molar-refractivity contribution in [2.75, 3.05) is 5.75 Å². The topological polar surface area (TPSA) is 34.0 Å². The molecule has 1 atom stereocenters. The number of thioether (sulfide) groups is 1. The monoisotopic (exact) mass is 340 g/mol. The van der Waals surface area contributed by atoms with Gasteiger partial charge in [-0.25, -0.2) is 4.39 Å². The van der Waals surface area contributed by atoms with Gasteiger partial charge >= 0.3 is 0 Å². The van der Waals surface area contributed by atoms with Crippen LogP contribution in [0.3, 0.4) is 0 Å². The fourth-order valence-electron chi connectivity index (χ4n) is 3.30. The third-order valence-corrected chi connectivity index (χ3v) is 5.63. The van der Waals surface area contributed by atoms with Crippen LogP contribution in [0.25, 0.3) is 10.9 Å². The van der Waals surface area contributed by atoms with Gasteiger partial charge in [0.25, 0.3) is 5.91 Å². The minimum absolute atomic E-state index is 0.112. The number of aryl methyl sites for hydroxylation is 1. The zero-order chi connectivity index (χ0) is 16.7. The summed E-state index contributed by atoms with van der Waals surface area (Å²) in [5, 5.41) is 4.02. The fraction of sp³-hybridized carbons (Fsp3) is 0.211. The third kappa shape index (κ3) is 2.49. The number of fused-ring (bicyclic) bond motifs is 2. The summed E-state index contributed by atoms with van der Waals surface area (Å²) in [6, 6.07) is 12.8. The quantitative estimate of drug-likeness (QED) is 0.755. The normalized spacial score (nSPS) is 16.8. The van der Waals surface area contributed by atoms with Gasteiger partial charge in [-0.05, 0) is 24.1 Å². The highest BCUT2D eigenvalue weighted by molar-refractivity contribution is 7.99. The first-order chi connectivity index (χ1) is 11.6. The lowest BCUT2D eigenvalue weighted by atomic mass is 10.0. The van der Waals surface area contributed by atoms with E-state index in [4.69, 9.17) is 0 Å². The zero-order valence-electron chi connectivity index (χ0n) is 13.3. The van der Waals surface area contributed by atoms with Gasteiger partial charge in [0.05, 0.1) is 11.6 Å². The molecule has 1 amide bonds. The molecular formula is C19H17FN2OS. The van der Waals surface area contributed by atoms with Gasteiger partial charge in [0.2, 0.25) is 0 Å². The molecule has 0 bridgehead atoms. The summed E-state index contributed by atoms with van der Waals surface area (Å²) in [6.45, 7) is 0. The van der Waals surface area contributed by atoms with Gasteiger partial charge in [-0.2, -0.15) is 0 Å². The molecule has 1 N–H and O–H groups in total. The van der Waals surface area contributed by atoms with Gasteiger partial charge in [0.15, 0.2) is 0 Å². The number of hydrogen-bond donors (Lipinski definition) is 1. The summed E-state index contributed by atoms with van der Waals surface area (Å²) in [5.41, 5.74) is 2.55. The van der Waals surface area contributed by atoms with Crippen molar-refractivity contribution in [3.63, 3.8) is 0 Å². The average Bonchev–Trinajstić information content (AvgIpc) is 2.93. The molecule has 122 valence electrons. The van der Waals surface area contributed by atoms with E-state index < -0.39 is 0 Å². The van der Waals surface area contributed by atoms with E-state index in [1.54, 1.807) is 6.07 Å². The second-order valence-corrected chi connectivity index (χ2v) is 7.10. The van der Waals surface area contributed by atoms with Crippen LogP contribution in [0.1, 0.15) is 28.4 Å². The molecule has 0 fully saturated rings. The Kier molecular flexibility index (Phi) is 3.81. The van der Waals surface area contributed by atoms with Crippen LogP contribution in [0, 0.1) is 5.82 Å². The van der Waals surface area contributed by atoms with E-state index in [9.17, 15) is 9.18 Å². The summed E-state index contributed by atoms with van der Waals surface area (Å²) in [6.07, 6.45) is 2.65. The molecule has 0 radical (unpaired) electrons. The molecule has 0 spiro atoms. The van der Waals surface area contributed by atoms with Crippen molar-refractivity contribution < 1.29 is 9.18 Å². The molecule has 4 rings (SSSR count). The lowest BCUT2D eigenvalue weighted by Crippen LogP contribution is -2.30. The van der Waals surface area contributed by atoms with Gasteiger partial charge in [-0.1, -0.05) is 30.3 Å². The third-order valence-electron chi connectivity index (χ3n) is 4.47. The summed E-state index contributed by atoms with van der Waals surface area (Å²) in [7, 11) is 1.93. The maximum Gasteiger partial charge on any atom is 0.253 e. The highest BCUT2D eigenvalue weighted by Crippen LogP contribution is 2.38. The molecule has 5 heteroatoms. The molecule has 1 aliphatic rings. The molecule has 1 aliphatic heterocycles. The van der Waals surface area contributed by atoms with Crippen LogP contribution < -0.4 is 5.32 Å². The average molecular weight is 340 g/mol. The van der Waals surface area contributed by atoms with Gasteiger partial charge in [-0.15, -0.1) is 11.8 Å². The molecule has 0 aliphatic carbocycles. The molecular weight excluding hydrogens is 323 g/mol. The fourth-order valence-corrected chi connectivity index (χ4v) is 4.44. The number of hydrogen-bond acceptors (Lipinski definition) is 2. The standard InChI is InChI=1S/C19H17FN2OS/c1-22-11-14(12-5-2-3-8-17(12)22)19(23)21-16-9-10-24-18-13(16)6-4-7-15(18)20/h2-8,11,16H,9-10H2,1H3,(H,21,23). The number of rotatable bonds is 2. The zero-order valence-corrected chi connectivity index (χ0v) is 14.1. The van der Waals surface area contributed by atoms with E-state index >= 15 is 0 Å². The SMILES string of the molecule is Cn1cc(C(=O)NC2CCSc3c(F)cccc32)c2ccccc21. The Labute approximate surface area is 143 Å². The van der Waals surface area contributed by atoms with Gasteiger partial charge < -0.3 is 9.88 Å². The highest BCUT2D eigenvalue weighted by atomic mass is 32.2. The second kappa shape index (κ2) is 5.98. The van der Waals surface area contributed by atoms with E-state index in [2.05, 4.69) is 5.32 Å². The smallest absolute Gasteiger partial charge is 0.253 e. The lowest BCUT2D eigenvalue weighted by Gasteiger charge is -2.26. The first kappa shape index (κ1) is 15.3. The summed E-state index contributed by atoms with van der Waals surface area (Å²) in [4.78, 5) is 13.5. The van der Waals surface area contributed by atoms with E-state index in [-0.39, 0.29) is 17.8 Å². The number of para-hydroxylation sites is 1. The molecule has 2 aromatic carbocycles. The van der Waals surface area contributed by atoms with E-state index in [0.717, 1.165) is 28.6 Å². The van der Waals surface area contributed by atoms with Crippen LogP contribution in [0.4, 0.5) is 4.39 Å². The number of carbonyl (C=O) groups excluding carboxylic acids is 1. The van der Waals surface area contributed by atoms with Crippen LogP contribution >= 0.6 is 11.8 Å². The molecule has 1 aromatic heterocycles. The Morgan fingerprint density at radius 3 is 2.96 bits per heavy atom. The van der Waals surface area contributed by atoms with Crippen LogP contribution in [0.15, 0.2) is 53.6 Å². The Morgan fingerprint density at radius 2 is 2.08 bits per heavy atom. The van der Waals surface area contributed by atoms with Crippen molar-refractivity contribution in [2.24, 2.45) is 7.05 Å². The molecule has 2 heterocycles. The Balaban J connectivity index is 1.67. The summed E-state index contributed by atoms with van der Waals surface area (Å²) in [5.74, 6) is 0.481. The molecule has 1 unspecified atom stereocenters. The van der Waals surface area contributed by atoms with Gasteiger partial charge in [-0.3, -0.25) is 4.79 Å². The summed E-state index contributed by atoms with van der Waals surface area (Å²) >= 11 is 1.52. The minimum atomic E-state index is -0.207. The Bertz CT molecular complexity index is 934. The number of nitrogens with one attached hydrogen (secondary N) is 1. The predicted octanol–water partition coefficient (Wildman–Crippen LogP) is 4.28. The Hall–Kier alpha value is -2.27. The molecule has 3 nitrogen and oxygen atoms in total. The van der Waals surface area contributed by atoms with Gasteiger partial charge in [0.1, 0.15) is 5.82 Å². The largest absolute Gasteiger partial charge is 0.350 e. The molecule has 0 saturated carbocycles. The molecule has 3 aromatic rings. The van der Waals surface area contributed by atoms with Crippen molar-refractivity contribution in [1.29, 1.82) is 0 Å². The van der Waals surface area contributed by atoms with E-state index in [0.29, 0.717) is 10.5 Å². The first-order valence-corrected chi connectivity index (χ1v) is 8.90. The minimum Gasteiger partial charge on any atom is -0.350 e. The molecule has 24 heavy (non-hydrogen) atoms. The number of aromatic nitrogens is 1. The summed E-state index contributed by atoms with van der Waals surface area (Å²) < 4.78 is 15.9. The number of carbonyl (C=O) groups is 1. The van der Waals surface area contributed by atoms with Crippen LogP contribution in [-0.4, -0.2) is 16.2 Å². The van der Waals surface area contributed by atoms with Crippen molar-refractivity contribution in [2.45, 2.75) is 17.4 Å². The predicted molar refractivity (Wildman–Crippen MR) is 94.9 cm³/mol. The van der Waals surface area contributed by atoms with E-state index in [1.807, 2.05) is 48.1 Å². The van der Waals surface area contributed by atoms with Crippen molar-refractivity contribution in [3.8, 4) is 0 Å². The second-order valence-electron chi connectivity index (χ2n) is 5.99. The first-order valence-electron chi connectivity index (χ1n) is 7.91. The lowest BCUT2D eigenvalue weighted by molar-refractivity contribution is 0.0936. The van der Waals surface area contributed by atoms with Crippen molar-refractivity contribution in [1.82, 2.24) is 9.88 Å².